The summed E-state index contributed by atoms with van der Waals surface area (Å²) in [5.74, 6) is -0.332. The molecule has 0 radical (unpaired) electrons. The monoisotopic (exact) mass is 365 g/mol. The van der Waals surface area contributed by atoms with Gasteiger partial charge in [0.2, 0.25) is 0 Å². The molecule has 4 rings (SSSR count). The fourth-order valence-electron chi connectivity index (χ4n) is 3.32. The van der Waals surface area contributed by atoms with Crippen molar-refractivity contribution >= 4 is 5.91 Å². The molecule has 2 heterocycles. The van der Waals surface area contributed by atoms with Crippen LogP contribution in [0, 0.1) is 5.82 Å². The second-order valence-corrected chi connectivity index (χ2v) is 6.77. The number of aliphatic hydroxyl groups excluding tert-OH is 1. The van der Waals surface area contributed by atoms with Gasteiger partial charge in [-0.2, -0.15) is 5.10 Å². The Morgan fingerprint density at radius 1 is 1.11 bits per heavy atom. The fourth-order valence-corrected chi connectivity index (χ4v) is 3.32. The van der Waals surface area contributed by atoms with Crippen LogP contribution in [-0.4, -0.2) is 32.2 Å². The van der Waals surface area contributed by atoms with Gasteiger partial charge >= 0.3 is 0 Å². The Morgan fingerprint density at radius 3 is 2.59 bits per heavy atom. The molecule has 0 bridgehead atoms. The second-order valence-electron chi connectivity index (χ2n) is 6.77. The summed E-state index contributed by atoms with van der Waals surface area (Å²) in [5, 5.41) is 14.1. The molecule has 0 saturated carbocycles. The first-order valence-corrected chi connectivity index (χ1v) is 8.91. The van der Waals surface area contributed by atoms with Gasteiger partial charge in [-0.3, -0.25) is 9.48 Å². The Kier molecular flexibility index (Phi) is 4.49. The van der Waals surface area contributed by atoms with Gasteiger partial charge in [-0.1, -0.05) is 24.3 Å². The number of carbonyl (C=O) groups is 1. The van der Waals surface area contributed by atoms with Gasteiger partial charge in [0.25, 0.3) is 5.91 Å². The van der Waals surface area contributed by atoms with E-state index in [-0.39, 0.29) is 11.7 Å². The maximum absolute atomic E-state index is 13.4. The second kappa shape index (κ2) is 6.96. The van der Waals surface area contributed by atoms with Gasteiger partial charge in [-0.15, -0.1) is 0 Å². The number of benzene rings is 2. The van der Waals surface area contributed by atoms with Crippen molar-refractivity contribution < 1.29 is 14.3 Å². The summed E-state index contributed by atoms with van der Waals surface area (Å²) in [6.45, 7) is 3.31. The van der Waals surface area contributed by atoms with Crippen LogP contribution in [0.3, 0.4) is 0 Å². The summed E-state index contributed by atoms with van der Waals surface area (Å²) < 4.78 is 15.2. The maximum atomic E-state index is 13.4. The average Bonchev–Trinajstić information content (AvgIpc) is 3.11. The molecule has 138 valence electrons. The number of amides is 1. The highest BCUT2D eigenvalue weighted by Gasteiger charge is 2.24. The van der Waals surface area contributed by atoms with Crippen molar-refractivity contribution in [1.82, 2.24) is 14.7 Å². The number of rotatable bonds is 3. The van der Waals surface area contributed by atoms with Crippen LogP contribution in [0.15, 0.2) is 54.6 Å². The lowest BCUT2D eigenvalue weighted by molar-refractivity contribution is 0.0705. The molecule has 1 N–H and O–H groups in total. The van der Waals surface area contributed by atoms with Crippen molar-refractivity contribution in [3.05, 3.63) is 77.4 Å². The first kappa shape index (κ1) is 17.4. The third kappa shape index (κ3) is 3.48. The lowest BCUT2D eigenvalue weighted by Crippen LogP contribution is -2.38. The molecule has 2 aromatic carbocycles. The normalized spacial score (nSPS) is 14.7. The molecule has 1 aliphatic heterocycles. The zero-order chi connectivity index (χ0) is 19.0. The van der Waals surface area contributed by atoms with Crippen LogP contribution in [0.5, 0.6) is 0 Å². The van der Waals surface area contributed by atoms with Crippen LogP contribution < -0.4 is 0 Å². The van der Waals surface area contributed by atoms with E-state index in [0.29, 0.717) is 30.9 Å². The summed E-state index contributed by atoms with van der Waals surface area (Å²) in [5.41, 5.74) is 3.78. The first-order chi connectivity index (χ1) is 13.0. The first-order valence-electron chi connectivity index (χ1n) is 8.91. The number of carbonyl (C=O) groups excluding carboxylic acids is 1. The highest BCUT2D eigenvalue weighted by molar-refractivity contribution is 5.94. The SMILES string of the molecule is CC(O)c1cc2n(n1)CCN(C(=O)c1ccc(-c3cccc(F)c3)cc1)C2. The predicted octanol–water partition coefficient (Wildman–Crippen LogP) is 3.40. The van der Waals surface area contributed by atoms with E-state index in [1.807, 2.05) is 28.9 Å². The van der Waals surface area contributed by atoms with E-state index in [2.05, 4.69) is 5.10 Å². The zero-order valence-electron chi connectivity index (χ0n) is 15.0. The Balaban J connectivity index is 1.51. The van der Waals surface area contributed by atoms with Gasteiger partial charge < -0.3 is 10.0 Å². The molecule has 6 heteroatoms. The Labute approximate surface area is 156 Å². The van der Waals surface area contributed by atoms with Crippen LogP contribution in [0.2, 0.25) is 0 Å². The minimum atomic E-state index is -0.623. The van der Waals surface area contributed by atoms with Gasteiger partial charge in [-0.05, 0) is 48.4 Å². The topological polar surface area (TPSA) is 58.4 Å². The molecule has 27 heavy (non-hydrogen) atoms. The summed E-state index contributed by atoms with van der Waals surface area (Å²) in [6, 6.07) is 15.5. The summed E-state index contributed by atoms with van der Waals surface area (Å²) in [6.07, 6.45) is -0.623. The van der Waals surface area contributed by atoms with E-state index in [0.717, 1.165) is 16.8 Å². The van der Waals surface area contributed by atoms with Crippen LogP contribution in [-0.2, 0) is 13.1 Å². The molecular weight excluding hydrogens is 345 g/mol. The van der Waals surface area contributed by atoms with Crippen molar-refractivity contribution in [3.63, 3.8) is 0 Å². The molecule has 3 aromatic rings. The molecule has 1 unspecified atom stereocenters. The molecule has 0 fully saturated rings. The lowest BCUT2D eigenvalue weighted by atomic mass is 10.0. The standard InChI is InChI=1S/C21H20FN3O2/c1-14(26)20-12-19-13-24(9-10-25(19)23-20)21(27)16-7-5-15(6-8-16)17-3-2-4-18(22)11-17/h2-8,11-12,14,26H,9-10,13H2,1H3. The number of hydrogen-bond acceptors (Lipinski definition) is 3. The minimum absolute atomic E-state index is 0.0492. The van der Waals surface area contributed by atoms with Crippen molar-refractivity contribution in [3.8, 4) is 11.1 Å². The van der Waals surface area contributed by atoms with Crippen molar-refractivity contribution in [2.24, 2.45) is 0 Å². The molecule has 1 amide bonds. The van der Waals surface area contributed by atoms with Crippen LogP contribution in [0.1, 0.15) is 34.8 Å². The maximum Gasteiger partial charge on any atom is 0.254 e. The van der Waals surface area contributed by atoms with Gasteiger partial charge in [0.1, 0.15) is 5.82 Å². The third-order valence-electron chi connectivity index (χ3n) is 4.82. The van der Waals surface area contributed by atoms with Gasteiger partial charge in [0, 0.05) is 12.1 Å². The molecule has 0 spiro atoms. The van der Waals surface area contributed by atoms with E-state index >= 15 is 0 Å². The van der Waals surface area contributed by atoms with E-state index in [4.69, 9.17) is 0 Å². The molecule has 1 aliphatic rings. The molecule has 0 aliphatic carbocycles. The van der Waals surface area contributed by atoms with Crippen molar-refractivity contribution in [1.29, 1.82) is 0 Å². The molecule has 1 atom stereocenters. The van der Waals surface area contributed by atoms with E-state index in [9.17, 15) is 14.3 Å². The Morgan fingerprint density at radius 2 is 1.89 bits per heavy atom. The van der Waals surface area contributed by atoms with E-state index in [1.54, 1.807) is 30.0 Å². The molecular formula is C21H20FN3O2. The van der Waals surface area contributed by atoms with Gasteiger partial charge in [0.05, 0.1) is 30.6 Å². The smallest absolute Gasteiger partial charge is 0.254 e. The molecule has 5 nitrogen and oxygen atoms in total. The number of hydrogen-bond donors (Lipinski definition) is 1. The van der Waals surface area contributed by atoms with E-state index < -0.39 is 6.10 Å². The lowest BCUT2D eigenvalue weighted by Gasteiger charge is -2.27. The summed E-state index contributed by atoms with van der Waals surface area (Å²) in [4.78, 5) is 14.6. The summed E-state index contributed by atoms with van der Waals surface area (Å²) >= 11 is 0. The van der Waals surface area contributed by atoms with Crippen LogP contribution >= 0.6 is 0 Å². The fraction of sp³-hybridized carbons (Fsp3) is 0.238. The van der Waals surface area contributed by atoms with Crippen molar-refractivity contribution in [2.45, 2.75) is 26.1 Å². The number of aliphatic hydroxyl groups is 1. The number of fused-ring (bicyclic) bond motifs is 1. The highest BCUT2D eigenvalue weighted by Crippen LogP contribution is 2.23. The minimum Gasteiger partial charge on any atom is -0.387 e. The van der Waals surface area contributed by atoms with E-state index in [1.165, 1.54) is 12.1 Å². The zero-order valence-corrected chi connectivity index (χ0v) is 15.0. The van der Waals surface area contributed by atoms with Gasteiger partial charge in [0.15, 0.2) is 0 Å². The van der Waals surface area contributed by atoms with Crippen LogP contribution in [0.4, 0.5) is 4.39 Å². The average molecular weight is 365 g/mol. The van der Waals surface area contributed by atoms with Gasteiger partial charge in [-0.25, -0.2) is 4.39 Å². The number of nitrogens with zero attached hydrogens (tertiary/aromatic N) is 3. The quantitative estimate of drug-likeness (QED) is 0.774. The predicted molar refractivity (Wildman–Crippen MR) is 99.4 cm³/mol. The third-order valence-corrected chi connectivity index (χ3v) is 4.82. The largest absolute Gasteiger partial charge is 0.387 e. The highest BCUT2D eigenvalue weighted by atomic mass is 19.1. The Hall–Kier alpha value is -2.99. The molecule has 1 aromatic heterocycles. The summed E-state index contributed by atoms with van der Waals surface area (Å²) in [7, 11) is 0. The molecule has 0 saturated heterocycles. The van der Waals surface area contributed by atoms with Crippen LogP contribution in [0.25, 0.3) is 11.1 Å². The number of aromatic nitrogens is 2. The Bertz CT molecular complexity index is 979. The number of halogens is 1. The van der Waals surface area contributed by atoms with Crippen molar-refractivity contribution in [2.75, 3.05) is 6.54 Å².